The molecule has 13 rings (SSSR count). The Bertz CT molecular complexity index is 3420. The highest BCUT2D eigenvalue weighted by Gasteiger charge is 2.26. The van der Waals surface area contributed by atoms with Crippen molar-refractivity contribution in [1.82, 2.24) is 0 Å². The zero-order valence-corrected chi connectivity index (χ0v) is 36.9. The van der Waals surface area contributed by atoms with Gasteiger partial charge < -0.3 is 9.80 Å². The van der Waals surface area contributed by atoms with E-state index in [9.17, 15) is 0 Å². The molecule has 11 aromatic rings. The third-order valence-electron chi connectivity index (χ3n) is 14.4. The van der Waals surface area contributed by atoms with Crippen molar-refractivity contribution in [3.8, 4) is 44.5 Å². The van der Waals surface area contributed by atoms with Gasteiger partial charge >= 0.3 is 0 Å². The van der Waals surface area contributed by atoms with Crippen LogP contribution in [0, 0.1) is 0 Å². The predicted octanol–water partition coefficient (Wildman–Crippen LogP) is 17.1. The van der Waals surface area contributed by atoms with Crippen LogP contribution in [-0.4, -0.2) is 13.1 Å². The largest absolute Gasteiger partial charge is 0.341 e. The molecule has 0 saturated carbocycles. The third-order valence-corrected chi connectivity index (χ3v) is 14.4. The Morgan fingerprint density at radius 1 is 0.288 bits per heavy atom. The van der Waals surface area contributed by atoms with Gasteiger partial charge in [0.05, 0.1) is 0 Å². The van der Waals surface area contributed by atoms with E-state index >= 15 is 0 Å². The molecule has 2 heteroatoms. The number of para-hydroxylation sites is 2. The Balaban J connectivity index is 1.20. The Morgan fingerprint density at radius 3 is 1.08 bits per heavy atom. The summed E-state index contributed by atoms with van der Waals surface area (Å²) in [4.78, 5) is 5.12. The molecule has 0 unspecified atom stereocenters. The molecule has 2 heterocycles. The van der Waals surface area contributed by atoms with Crippen LogP contribution in [0.5, 0.6) is 0 Å². The van der Waals surface area contributed by atoms with Gasteiger partial charge in [-0.05, 0) is 185 Å². The number of aryl methyl sites for hydroxylation is 2. The van der Waals surface area contributed by atoms with Gasteiger partial charge in [0.1, 0.15) is 0 Å². The first-order valence-corrected chi connectivity index (χ1v) is 23.7. The molecule has 11 aromatic carbocycles. The van der Waals surface area contributed by atoms with Crippen molar-refractivity contribution >= 4 is 65.8 Å². The van der Waals surface area contributed by atoms with Crippen LogP contribution < -0.4 is 9.80 Å². The predicted molar refractivity (Wildman–Crippen MR) is 282 cm³/mol. The highest BCUT2D eigenvalue weighted by molar-refractivity contribution is 6.25. The number of anilines is 4. The number of rotatable bonds is 6. The monoisotopic (exact) mass is 844 g/mol. The van der Waals surface area contributed by atoms with E-state index in [1.807, 2.05) is 0 Å². The number of hydrogen-bond donors (Lipinski definition) is 0. The van der Waals surface area contributed by atoms with Crippen LogP contribution in [0.2, 0.25) is 0 Å². The maximum Gasteiger partial charge on any atom is 0.0443 e. The van der Waals surface area contributed by atoms with Crippen LogP contribution in [-0.2, 0) is 12.8 Å². The second-order valence-electron chi connectivity index (χ2n) is 18.2. The van der Waals surface area contributed by atoms with E-state index in [1.165, 1.54) is 121 Å². The summed E-state index contributed by atoms with van der Waals surface area (Å²) < 4.78 is 0. The smallest absolute Gasteiger partial charge is 0.0443 e. The molecule has 0 N–H and O–H groups in total. The maximum atomic E-state index is 2.56. The average Bonchev–Trinajstić information content (AvgIpc) is 3.39. The minimum Gasteiger partial charge on any atom is -0.341 e. The highest BCUT2D eigenvalue weighted by atomic mass is 15.1. The Kier molecular flexibility index (Phi) is 9.30. The van der Waals surface area contributed by atoms with E-state index in [0.717, 1.165) is 38.8 Å². The molecule has 0 saturated heterocycles. The fraction of sp³-hybridized carbons (Fsp3) is 0.0938. The number of fused-ring (bicyclic) bond motifs is 6. The first kappa shape index (κ1) is 38.5. The molecule has 2 aliphatic rings. The lowest BCUT2D eigenvalue weighted by atomic mass is 9.80. The van der Waals surface area contributed by atoms with Gasteiger partial charge in [0.25, 0.3) is 0 Å². The van der Waals surface area contributed by atoms with Crippen molar-refractivity contribution in [1.29, 1.82) is 0 Å². The van der Waals surface area contributed by atoms with Gasteiger partial charge in [-0.3, -0.25) is 0 Å². The second-order valence-corrected chi connectivity index (χ2v) is 18.2. The zero-order valence-electron chi connectivity index (χ0n) is 36.9. The van der Waals surface area contributed by atoms with Crippen molar-refractivity contribution in [3.63, 3.8) is 0 Å². The van der Waals surface area contributed by atoms with E-state index < -0.39 is 0 Å². The number of nitrogens with zero attached hydrogens (tertiary/aromatic N) is 2. The summed E-state index contributed by atoms with van der Waals surface area (Å²) in [7, 11) is 0. The lowest BCUT2D eigenvalue weighted by Crippen LogP contribution is -2.24. The van der Waals surface area contributed by atoms with Gasteiger partial charge in [0.15, 0.2) is 0 Å². The molecule has 66 heavy (non-hydrogen) atoms. The van der Waals surface area contributed by atoms with Gasteiger partial charge in [-0.2, -0.15) is 0 Å². The van der Waals surface area contributed by atoms with E-state index in [0.29, 0.717) is 0 Å². The SMILES string of the molecule is c1ccc(-c2cc3ccccc3cc2-c2c3ccc(N4CCCc5ccccc54)cc3c(-c3cc4ccccc4cc3-c3ccccc3)c3ccc(N4CCCc5ccccc54)cc23)cc1. The summed E-state index contributed by atoms with van der Waals surface area (Å²) in [5.74, 6) is 0. The molecule has 0 atom stereocenters. The molecule has 2 aliphatic heterocycles. The minimum absolute atomic E-state index is 0.979. The van der Waals surface area contributed by atoms with E-state index in [2.05, 4.69) is 228 Å². The Hall–Kier alpha value is -7.94. The summed E-state index contributed by atoms with van der Waals surface area (Å²) >= 11 is 0. The minimum atomic E-state index is 0.979. The molecule has 0 aliphatic carbocycles. The van der Waals surface area contributed by atoms with Crippen molar-refractivity contribution in [2.75, 3.05) is 22.9 Å². The molecule has 314 valence electrons. The van der Waals surface area contributed by atoms with Crippen molar-refractivity contribution in [3.05, 3.63) is 230 Å². The van der Waals surface area contributed by atoms with Crippen LogP contribution in [0.3, 0.4) is 0 Å². The van der Waals surface area contributed by atoms with Crippen LogP contribution in [0.1, 0.15) is 24.0 Å². The average molecular weight is 845 g/mol. The molecule has 0 fully saturated rings. The van der Waals surface area contributed by atoms with Crippen molar-refractivity contribution in [2.45, 2.75) is 25.7 Å². The van der Waals surface area contributed by atoms with E-state index in [1.54, 1.807) is 0 Å². The normalized spacial score (nSPS) is 13.6. The lowest BCUT2D eigenvalue weighted by molar-refractivity contribution is 0.767. The van der Waals surface area contributed by atoms with Crippen LogP contribution in [0.25, 0.3) is 87.6 Å². The fourth-order valence-electron chi connectivity index (χ4n) is 11.3. The number of benzene rings is 11. The molecule has 0 radical (unpaired) electrons. The number of hydrogen-bond acceptors (Lipinski definition) is 2. The van der Waals surface area contributed by atoms with Crippen LogP contribution in [0.15, 0.2) is 218 Å². The standard InChI is InChI=1S/C64H48N2/c1-3-17-43(18-4-1)55-37-47-23-7-9-25-49(47)39-57(55)63-53-33-31-52(66-36-16-28-46-22-12-14-30-62(46)66)42-60(53)64(58-40-50-26-10-8-24-48(50)38-56(58)44-19-5-2-6-20-44)54-34-32-51(41-59(54)63)65-35-15-27-45-21-11-13-29-61(45)65/h1-14,17-26,29-34,37-42H,15-16,27-28,35-36H2. The van der Waals surface area contributed by atoms with Crippen LogP contribution >= 0.6 is 0 Å². The first-order chi connectivity index (χ1) is 32.7. The molecular weight excluding hydrogens is 797 g/mol. The molecule has 2 nitrogen and oxygen atoms in total. The molecule has 0 bridgehead atoms. The molecule has 0 spiro atoms. The molecule has 0 aromatic heterocycles. The quantitative estimate of drug-likeness (QED) is 0.154. The summed E-state index contributed by atoms with van der Waals surface area (Å²) in [6.45, 7) is 1.96. The summed E-state index contributed by atoms with van der Waals surface area (Å²) in [6.07, 6.45) is 4.44. The third kappa shape index (κ3) is 6.47. The van der Waals surface area contributed by atoms with E-state index in [-0.39, 0.29) is 0 Å². The molecule has 0 amide bonds. The van der Waals surface area contributed by atoms with Crippen molar-refractivity contribution < 1.29 is 0 Å². The lowest BCUT2D eigenvalue weighted by Gasteiger charge is -2.33. The van der Waals surface area contributed by atoms with Gasteiger partial charge in [0.2, 0.25) is 0 Å². The fourth-order valence-corrected chi connectivity index (χ4v) is 11.3. The summed E-state index contributed by atoms with van der Waals surface area (Å²) in [5.41, 5.74) is 17.9. The highest BCUT2D eigenvalue weighted by Crippen LogP contribution is 2.52. The topological polar surface area (TPSA) is 6.48 Å². The van der Waals surface area contributed by atoms with Gasteiger partial charge in [0, 0.05) is 35.8 Å². The van der Waals surface area contributed by atoms with Gasteiger partial charge in [-0.1, -0.05) is 158 Å². The zero-order chi connectivity index (χ0) is 43.6. The van der Waals surface area contributed by atoms with Crippen LogP contribution in [0.4, 0.5) is 22.7 Å². The first-order valence-electron chi connectivity index (χ1n) is 23.7. The summed E-state index contributed by atoms with van der Waals surface area (Å²) in [6, 6.07) is 82.3. The Labute approximate surface area is 386 Å². The molecular formula is C64H48N2. The van der Waals surface area contributed by atoms with Crippen molar-refractivity contribution in [2.24, 2.45) is 0 Å². The van der Waals surface area contributed by atoms with Gasteiger partial charge in [-0.15, -0.1) is 0 Å². The van der Waals surface area contributed by atoms with Gasteiger partial charge in [-0.25, -0.2) is 0 Å². The maximum absolute atomic E-state index is 2.56. The summed E-state index contributed by atoms with van der Waals surface area (Å²) in [5, 5.41) is 9.98. The Morgan fingerprint density at radius 2 is 0.652 bits per heavy atom. The second kappa shape index (κ2) is 15.9. The van der Waals surface area contributed by atoms with E-state index in [4.69, 9.17) is 0 Å².